The van der Waals surface area contributed by atoms with Gasteiger partial charge in [-0.05, 0) is 84.6 Å². The third-order valence-electron chi connectivity index (χ3n) is 10.4. The molecule has 2 atom stereocenters. The van der Waals surface area contributed by atoms with Crippen molar-refractivity contribution in [2.75, 3.05) is 49.1 Å². The van der Waals surface area contributed by atoms with Crippen molar-refractivity contribution in [1.29, 1.82) is 10.5 Å². The van der Waals surface area contributed by atoms with E-state index in [0.29, 0.717) is 47.4 Å². The molecule has 0 saturated carbocycles. The van der Waals surface area contributed by atoms with Crippen LogP contribution in [0.4, 0.5) is 11.4 Å². The van der Waals surface area contributed by atoms with Gasteiger partial charge in [-0.2, -0.15) is 10.5 Å². The van der Waals surface area contributed by atoms with Gasteiger partial charge in [-0.1, -0.05) is 59.6 Å². The molecule has 2 unspecified atom stereocenters. The van der Waals surface area contributed by atoms with Crippen molar-refractivity contribution >= 4 is 46.4 Å². The Bertz CT molecular complexity index is 2220. The highest BCUT2D eigenvalue weighted by Gasteiger charge is 2.33. The lowest BCUT2D eigenvalue weighted by Gasteiger charge is -2.38. The number of piperazine rings is 2. The fourth-order valence-electron chi connectivity index (χ4n) is 7.40. The van der Waals surface area contributed by atoms with Crippen LogP contribution in [0.1, 0.15) is 45.7 Å². The number of carbonyl (C=O) groups excluding carboxylic acids is 2. The van der Waals surface area contributed by atoms with Crippen LogP contribution in [0, 0.1) is 22.7 Å². The number of hydrogen-bond donors (Lipinski definition) is 2. The largest absolute Gasteiger partial charge is 0.347 e. The number of benzene rings is 4. The van der Waals surface area contributed by atoms with Crippen LogP contribution in [-0.4, -0.2) is 80.8 Å². The van der Waals surface area contributed by atoms with E-state index in [1.807, 2.05) is 97.3 Å². The first-order valence-electron chi connectivity index (χ1n) is 18.8. The summed E-state index contributed by atoms with van der Waals surface area (Å²) < 4.78 is 0. The molecule has 2 fully saturated rings. The summed E-state index contributed by atoms with van der Waals surface area (Å²) >= 11 is 12.2. The number of aromatic nitrogens is 4. The molecule has 2 N–H and O–H groups in total. The lowest BCUT2D eigenvalue weighted by Crippen LogP contribution is -2.51. The number of H-pyrrole nitrogens is 2. The summed E-state index contributed by atoms with van der Waals surface area (Å²) in [4.78, 5) is 48.5. The average Bonchev–Trinajstić information content (AvgIpc) is 3.99. The lowest BCUT2D eigenvalue weighted by molar-refractivity contribution is -0.122. The van der Waals surface area contributed by atoms with Crippen molar-refractivity contribution in [3.05, 3.63) is 166 Å². The van der Waals surface area contributed by atoms with E-state index in [-0.39, 0.29) is 23.9 Å². The summed E-state index contributed by atoms with van der Waals surface area (Å²) in [5.41, 5.74) is 7.08. The second-order valence-electron chi connectivity index (χ2n) is 14.1. The van der Waals surface area contributed by atoms with Gasteiger partial charge in [-0.25, -0.2) is 9.97 Å². The predicted octanol–water partition coefficient (Wildman–Crippen LogP) is 7.13. The molecular formula is C44H40Cl2N10O2. The molecule has 8 rings (SSSR count). The highest BCUT2D eigenvalue weighted by Crippen LogP contribution is 2.30. The standard InChI is InChI=1S/2C22H20ClN5O/c2*23-18-2-1-3-19(11-18)28-9-8-27(14-22(28)29)21(20-13-25-15-26-20)10-16-4-6-17(12-24)7-5-16/h2*1-7,11,13,15,21H,8-10,14H2,(H,25,26). The van der Waals surface area contributed by atoms with Crippen LogP contribution in [0.3, 0.4) is 0 Å². The molecule has 4 heterocycles. The Labute approximate surface area is 346 Å². The second-order valence-corrected chi connectivity index (χ2v) is 14.9. The van der Waals surface area contributed by atoms with Crippen molar-refractivity contribution in [3.63, 3.8) is 0 Å². The quantitative estimate of drug-likeness (QED) is 0.148. The van der Waals surface area contributed by atoms with Gasteiger partial charge in [-0.3, -0.25) is 19.4 Å². The summed E-state index contributed by atoms with van der Waals surface area (Å²) in [5, 5.41) is 19.3. The maximum atomic E-state index is 12.9. The van der Waals surface area contributed by atoms with Crippen LogP contribution in [-0.2, 0) is 22.4 Å². The van der Waals surface area contributed by atoms with Crippen LogP contribution in [0.15, 0.2) is 122 Å². The maximum absolute atomic E-state index is 12.9. The van der Waals surface area contributed by atoms with Gasteiger partial charge < -0.3 is 19.8 Å². The normalized spacial score (nSPS) is 15.9. The molecule has 12 nitrogen and oxygen atoms in total. The molecule has 58 heavy (non-hydrogen) atoms. The van der Waals surface area contributed by atoms with Gasteiger partial charge in [0, 0.05) is 60.0 Å². The van der Waals surface area contributed by atoms with E-state index in [1.54, 1.807) is 34.6 Å². The van der Waals surface area contributed by atoms with E-state index < -0.39 is 0 Å². The number of aromatic amines is 2. The molecule has 2 aromatic heterocycles. The molecular weight excluding hydrogens is 771 g/mol. The third-order valence-corrected chi connectivity index (χ3v) is 10.9. The molecule has 2 saturated heterocycles. The highest BCUT2D eigenvalue weighted by atomic mass is 35.5. The Morgan fingerprint density at radius 1 is 0.603 bits per heavy atom. The first-order valence-corrected chi connectivity index (χ1v) is 19.6. The van der Waals surface area contributed by atoms with Crippen LogP contribution in [0.25, 0.3) is 0 Å². The van der Waals surface area contributed by atoms with Gasteiger partial charge in [0.15, 0.2) is 0 Å². The van der Waals surface area contributed by atoms with Crippen molar-refractivity contribution in [1.82, 2.24) is 29.7 Å². The Balaban J connectivity index is 0.000000177. The molecule has 4 aromatic carbocycles. The number of imidazole rings is 2. The zero-order valence-electron chi connectivity index (χ0n) is 31.5. The van der Waals surface area contributed by atoms with E-state index in [2.05, 4.69) is 41.9 Å². The summed E-state index contributed by atoms with van der Waals surface area (Å²) in [6, 6.07) is 34.2. The number of nitrogens with zero attached hydrogens (tertiary/aromatic N) is 8. The number of carbonyl (C=O) groups is 2. The van der Waals surface area contributed by atoms with E-state index in [4.69, 9.17) is 33.7 Å². The summed E-state index contributed by atoms with van der Waals surface area (Å²) in [6.45, 7) is 3.28. The topological polar surface area (TPSA) is 152 Å². The number of rotatable bonds is 10. The van der Waals surface area contributed by atoms with Gasteiger partial charge in [0.1, 0.15) is 0 Å². The fraction of sp³-hybridized carbons (Fsp3) is 0.227. The van der Waals surface area contributed by atoms with Gasteiger partial charge >= 0.3 is 0 Å². The SMILES string of the molecule is N#Cc1ccc(CC(c2cnc[nH]2)N2CCN(c3cccc(Cl)c3)C(=O)C2)cc1.N#Cc1ccc(CC(c2cnc[nH]2)N2CCN(c3cccc(Cl)c3)C(=O)C2)cc1. The zero-order valence-corrected chi connectivity index (χ0v) is 33.0. The van der Waals surface area contributed by atoms with E-state index in [9.17, 15) is 9.59 Å². The van der Waals surface area contributed by atoms with Crippen molar-refractivity contribution in [2.24, 2.45) is 0 Å². The van der Waals surface area contributed by atoms with Gasteiger partial charge in [0.25, 0.3) is 0 Å². The maximum Gasteiger partial charge on any atom is 0.241 e. The molecule has 0 radical (unpaired) electrons. The summed E-state index contributed by atoms with van der Waals surface area (Å²) in [5.74, 6) is 0.0886. The lowest BCUT2D eigenvalue weighted by atomic mass is 10.00. The van der Waals surface area contributed by atoms with E-state index in [0.717, 1.165) is 59.8 Å². The zero-order chi connectivity index (χ0) is 40.4. The van der Waals surface area contributed by atoms with Crippen LogP contribution in [0.5, 0.6) is 0 Å². The number of nitrogens with one attached hydrogen (secondary N) is 2. The summed E-state index contributed by atoms with van der Waals surface area (Å²) in [6.07, 6.45) is 8.37. The highest BCUT2D eigenvalue weighted by molar-refractivity contribution is 6.31. The van der Waals surface area contributed by atoms with Crippen molar-refractivity contribution in [2.45, 2.75) is 24.9 Å². The number of anilines is 2. The van der Waals surface area contributed by atoms with Gasteiger partial charge in [0.2, 0.25) is 11.8 Å². The monoisotopic (exact) mass is 810 g/mol. The molecule has 2 aliphatic heterocycles. The number of halogens is 2. The minimum Gasteiger partial charge on any atom is -0.347 e. The van der Waals surface area contributed by atoms with Crippen LogP contribution >= 0.6 is 23.2 Å². The Morgan fingerprint density at radius 2 is 1.02 bits per heavy atom. The summed E-state index contributed by atoms with van der Waals surface area (Å²) in [7, 11) is 0. The predicted molar refractivity (Wildman–Crippen MR) is 223 cm³/mol. The Kier molecular flexibility index (Phi) is 12.9. The molecule has 0 spiro atoms. The first kappa shape index (κ1) is 39.9. The third kappa shape index (κ3) is 9.80. The van der Waals surface area contributed by atoms with E-state index in [1.165, 1.54) is 0 Å². The molecule has 0 bridgehead atoms. The molecule has 0 aliphatic carbocycles. The fourth-order valence-corrected chi connectivity index (χ4v) is 7.76. The molecule has 14 heteroatoms. The average molecular weight is 812 g/mol. The molecule has 292 valence electrons. The van der Waals surface area contributed by atoms with Crippen LogP contribution < -0.4 is 9.80 Å². The van der Waals surface area contributed by atoms with Crippen molar-refractivity contribution < 1.29 is 9.59 Å². The van der Waals surface area contributed by atoms with Crippen molar-refractivity contribution in [3.8, 4) is 12.1 Å². The number of nitriles is 2. The minimum absolute atomic E-state index is 0.00380. The van der Waals surface area contributed by atoms with Gasteiger partial charge in [0.05, 0.1) is 72.5 Å². The minimum atomic E-state index is -0.00380. The first-order chi connectivity index (χ1) is 28.3. The number of amides is 2. The second kappa shape index (κ2) is 18.8. The Morgan fingerprint density at radius 3 is 1.34 bits per heavy atom. The van der Waals surface area contributed by atoms with Gasteiger partial charge in [-0.15, -0.1) is 0 Å². The molecule has 2 amide bonds. The number of hydrogen-bond acceptors (Lipinski definition) is 8. The van der Waals surface area contributed by atoms with Crippen LogP contribution in [0.2, 0.25) is 10.0 Å². The molecule has 2 aliphatic rings. The smallest absolute Gasteiger partial charge is 0.241 e. The Hall–Kier alpha value is -6.28. The molecule has 6 aromatic rings. The van der Waals surface area contributed by atoms with E-state index >= 15 is 0 Å².